The summed E-state index contributed by atoms with van der Waals surface area (Å²) in [4.78, 5) is 19.3. The van der Waals surface area contributed by atoms with Crippen LogP contribution in [0.25, 0.3) is 34.1 Å². The Labute approximate surface area is 237 Å². The van der Waals surface area contributed by atoms with Crippen LogP contribution >= 0.6 is 0 Å². The van der Waals surface area contributed by atoms with E-state index in [0.717, 1.165) is 42.3 Å². The molecule has 12 nitrogen and oxygen atoms in total. The molecule has 41 heavy (non-hydrogen) atoms. The third-order valence-electron chi connectivity index (χ3n) is 7.10. The van der Waals surface area contributed by atoms with Gasteiger partial charge in [0.15, 0.2) is 18.2 Å². The summed E-state index contributed by atoms with van der Waals surface area (Å²) in [6.07, 6.45) is 3.31. The van der Waals surface area contributed by atoms with Gasteiger partial charge in [-0.15, -0.1) is 0 Å². The third kappa shape index (κ3) is 5.56. The van der Waals surface area contributed by atoms with Crippen LogP contribution in [0.15, 0.2) is 60.8 Å². The summed E-state index contributed by atoms with van der Waals surface area (Å²) in [6.45, 7) is 6.62. The smallest absolute Gasteiger partial charge is 0.324 e. The van der Waals surface area contributed by atoms with Crippen molar-refractivity contribution < 1.29 is 14.3 Å². The lowest BCUT2D eigenvalue weighted by Gasteiger charge is -2.29. The normalized spacial score (nSPS) is 14.5. The standard InChI is InChI=1S/C29H33N9O3/c1-3-7-22(30)29(39)41-19-37-20(2)16-24(33-37)25-17-27-31-26(18-28(38(27)34-25)35-12-14-40-15-13-35)36-11-10-23(32-36)21-8-5-4-6-9-21/h4-6,8-11,16-18,22H,3,7,12-15,19,30H2,1-2H3. The molecule has 1 aromatic carbocycles. The van der Waals surface area contributed by atoms with Crippen LogP contribution in [0.3, 0.4) is 0 Å². The molecule has 4 aromatic heterocycles. The number of rotatable bonds is 9. The van der Waals surface area contributed by atoms with E-state index in [1.807, 2.05) is 79.2 Å². The van der Waals surface area contributed by atoms with Crippen LogP contribution < -0.4 is 10.6 Å². The zero-order chi connectivity index (χ0) is 28.3. The molecule has 212 valence electrons. The predicted octanol–water partition coefficient (Wildman–Crippen LogP) is 3.22. The average molecular weight is 556 g/mol. The van der Waals surface area contributed by atoms with E-state index in [-0.39, 0.29) is 6.73 Å². The number of benzene rings is 1. The molecule has 0 saturated carbocycles. The first-order valence-corrected chi connectivity index (χ1v) is 13.8. The number of ether oxygens (including phenoxy) is 2. The number of carbonyl (C=O) groups is 1. The van der Waals surface area contributed by atoms with Crippen molar-refractivity contribution in [3.8, 4) is 28.5 Å². The number of nitrogens with two attached hydrogens (primary N) is 1. The number of hydrogen-bond acceptors (Lipinski definition) is 9. The number of fused-ring (bicyclic) bond motifs is 1. The fourth-order valence-corrected chi connectivity index (χ4v) is 4.85. The predicted molar refractivity (Wildman–Crippen MR) is 154 cm³/mol. The lowest BCUT2D eigenvalue weighted by molar-refractivity contribution is -0.149. The van der Waals surface area contributed by atoms with Crippen molar-refractivity contribution in [3.63, 3.8) is 0 Å². The van der Waals surface area contributed by atoms with Crippen molar-refractivity contribution >= 4 is 17.4 Å². The van der Waals surface area contributed by atoms with E-state index in [0.29, 0.717) is 42.5 Å². The molecule has 0 amide bonds. The maximum atomic E-state index is 12.2. The fraction of sp³-hybridized carbons (Fsp3) is 0.345. The zero-order valence-electron chi connectivity index (χ0n) is 23.2. The molecule has 2 N–H and O–H groups in total. The molecule has 5 aromatic rings. The molecule has 0 bridgehead atoms. The summed E-state index contributed by atoms with van der Waals surface area (Å²) in [5.74, 6) is 1.15. The van der Waals surface area contributed by atoms with Gasteiger partial charge in [-0.2, -0.15) is 19.8 Å². The Balaban J connectivity index is 1.33. The lowest BCUT2D eigenvalue weighted by atomic mass is 10.2. The highest BCUT2D eigenvalue weighted by atomic mass is 16.5. The quantitative estimate of drug-likeness (QED) is 0.272. The fourth-order valence-electron chi connectivity index (χ4n) is 4.85. The minimum Gasteiger partial charge on any atom is -0.441 e. The first kappa shape index (κ1) is 26.7. The highest BCUT2D eigenvalue weighted by Crippen LogP contribution is 2.26. The summed E-state index contributed by atoms with van der Waals surface area (Å²) in [6, 6.07) is 17.2. The maximum Gasteiger partial charge on any atom is 0.324 e. The topological polar surface area (TPSA) is 131 Å². The molecule has 0 radical (unpaired) electrons. The summed E-state index contributed by atoms with van der Waals surface area (Å²) in [5.41, 5.74) is 10.6. The summed E-state index contributed by atoms with van der Waals surface area (Å²) in [5, 5.41) is 14.3. The van der Waals surface area contributed by atoms with Crippen molar-refractivity contribution in [2.75, 3.05) is 31.2 Å². The van der Waals surface area contributed by atoms with Gasteiger partial charge >= 0.3 is 5.97 Å². The van der Waals surface area contributed by atoms with Gasteiger partial charge < -0.3 is 20.1 Å². The van der Waals surface area contributed by atoms with Crippen LogP contribution in [0, 0.1) is 6.92 Å². The van der Waals surface area contributed by atoms with Gasteiger partial charge in [0.2, 0.25) is 0 Å². The number of morpholine rings is 1. The Morgan fingerprint density at radius 2 is 1.80 bits per heavy atom. The minimum atomic E-state index is -0.633. The Hall–Kier alpha value is -4.55. The average Bonchev–Trinajstić information content (AvgIpc) is 3.75. The molecule has 0 aliphatic carbocycles. The summed E-state index contributed by atoms with van der Waals surface area (Å²) in [7, 11) is 0. The van der Waals surface area contributed by atoms with Gasteiger partial charge in [-0.25, -0.2) is 14.3 Å². The second kappa shape index (κ2) is 11.5. The molecule has 12 heteroatoms. The molecule has 1 aliphatic rings. The number of nitrogens with zero attached hydrogens (tertiary/aromatic N) is 8. The Morgan fingerprint density at radius 1 is 1.02 bits per heavy atom. The van der Waals surface area contributed by atoms with Gasteiger partial charge in [-0.05, 0) is 25.5 Å². The van der Waals surface area contributed by atoms with E-state index >= 15 is 0 Å². The Kier molecular flexibility index (Phi) is 7.49. The zero-order valence-corrected chi connectivity index (χ0v) is 23.2. The number of anilines is 1. The monoisotopic (exact) mass is 555 g/mol. The molecule has 1 fully saturated rings. The first-order chi connectivity index (χ1) is 20.0. The molecule has 1 saturated heterocycles. The van der Waals surface area contributed by atoms with Crippen molar-refractivity contribution in [1.29, 1.82) is 0 Å². The van der Waals surface area contributed by atoms with E-state index in [4.69, 9.17) is 30.4 Å². The van der Waals surface area contributed by atoms with E-state index in [9.17, 15) is 4.79 Å². The van der Waals surface area contributed by atoms with Gasteiger partial charge in [0.1, 0.15) is 23.2 Å². The number of carbonyl (C=O) groups excluding carboxylic acids is 1. The summed E-state index contributed by atoms with van der Waals surface area (Å²) < 4.78 is 16.3. The van der Waals surface area contributed by atoms with E-state index in [2.05, 4.69) is 10.00 Å². The highest BCUT2D eigenvalue weighted by Gasteiger charge is 2.21. The number of aryl methyl sites for hydroxylation is 1. The summed E-state index contributed by atoms with van der Waals surface area (Å²) >= 11 is 0. The molecule has 0 spiro atoms. The van der Waals surface area contributed by atoms with Gasteiger partial charge in [0.05, 0.1) is 18.9 Å². The number of hydrogen-bond donors (Lipinski definition) is 1. The Morgan fingerprint density at radius 3 is 2.59 bits per heavy atom. The first-order valence-electron chi connectivity index (χ1n) is 13.8. The molecule has 1 aliphatic heterocycles. The van der Waals surface area contributed by atoms with Gasteiger partial charge in [0.25, 0.3) is 0 Å². The van der Waals surface area contributed by atoms with Crippen LogP contribution in [-0.2, 0) is 21.0 Å². The SMILES string of the molecule is CCCC(N)C(=O)OCn1nc(-c2cc3nc(-n4ccc(-c5ccccc5)n4)cc(N4CCOCC4)n3n2)cc1C. The Bertz CT molecular complexity index is 1650. The number of aromatic nitrogens is 7. The molecular formula is C29H33N9O3. The second-order valence-electron chi connectivity index (χ2n) is 10.0. The van der Waals surface area contributed by atoms with Crippen LogP contribution in [0.4, 0.5) is 5.82 Å². The molecule has 5 heterocycles. The van der Waals surface area contributed by atoms with Crippen molar-refractivity contribution in [1.82, 2.24) is 34.2 Å². The van der Waals surface area contributed by atoms with Crippen LogP contribution in [-0.4, -0.2) is 72.5 Å². The van der Waals surface area contributed by atoms with Gasteiger partial charge in [-0.3, -0.25) is 4.79 Å². The molecule has 1 atom stereocenters. The van der Waals surface area contributed by atoms with Crippen molar-refractivity contribution in [2.45, 2.75) is 39.5 Å². The van der Waals surface area contributed by atoms with Crippen molar-refractivity contribution in [3.05, 3.63) is 66.5 Å². The molecule has 6 rings (SSSR count). The van der Waals surface area contributed by atoms with E-state index in [1.54, 1.807) is 9.36 Å². The maximum absolute atomic E-state index is 12.2. The van der Waals surface area contributed by atoms with E-state index in [1.165, 1.54) is 0 Å². The minimum absolute atomic E-state index is 0.0140. The lowest BCUT2D eigenvalue weighted by Crippen LogP contribution is -2.37. The highest BCUT2D eigenvalue weighted by molar-refractivity contribution is 5.75. The van der Waals surface area contributed by atoms with Crippen LogP contribution in [0.2, 0.25) is 0 Å². The number of esters is 1. The second-order valence-corrected chi connectivity index (χ2v) is 10.0. The third-order valence-corrected chi connectivity index (χ3v) is 7.10. The van der Waals surface area contributed by atoms with Crippen molar-refractivity contribution in [2.24, 2.45) is 5.73 Å². The van der Waals surface area contributed by atoms with E-state index < -0.39 is 12.0 Å². The van der Waals surface area contributed by atoms with Crippen LogP contribution in [0.5, 0.6) is 0 Å². The van der Waals surface area contributed by atoms with Gasteiger partial charge in [0, 0.05) is 42.7 Å². The molecular weight excluding hydrogens is 522 g/mol. The van der Waals surface area contributed by atoms with Gasteiger partial charge in [-0.1, -0.05) is 43.7 Å². The molecule has 1 unspecified atom stereocenters. The van der Waals surface area contributed by atoms with Crippen LogP contribution in [0.1, 0.15) is 25.5 Å². The largest absolute Gasteiger partial charge is 0.441 e.